The summed E-state index contributed by atoms with van der Waals surface area (Å²) in [7, 11) is 0. The summed E-state index contributed by atoms with van der Waals surface area (Å²) in [6.45, 7) is 3.55. The maximum atomic E-state index is 11.7. The minimum Gasteiger partial charge on any atom is -0.389 e. The minimum atomic E-state index is -0.891. The molecule has 96 valence electrons. The first-order valence-corrected chi connectivity index (χ1v) is 5.86. The fraction of sp³-hybridized carbons (Fsp3) is 0.385. The molecule has 2 heterocycles. The number of carbonyl (C=O) groups excluding carboxylic acids is 1. The van der Waals surface area contributed by atoms with E-state index in [9.17, 15) is 9.90 Å². The van der Waals surface area contributed by atoms with E-state index in [0.717, 1.165) is 16.7 Å². The SMILES string of the molecule is CC(C)(O)CNC(=O)Cc1cc2cccnc2[nH]1. The molecule has 0 saturated heterocycles. The number of nitrogens with zero attached hydrogens (tertiary/aromatic N) is 1. The minimum absolute atomic E-state index is 0.122. The molecule has 5 heteroatoms. The lowest BCUT2D eigenvalue weighted by Gasteiger charge is -2.17. The molecule has 0 radical (unpaired) electrons. The number of aromatic amines is 1. The Morgan fingerprint density at radius 2 is 2.33 bits per heavy atom. The molecule has 0 fully saturated rings. The van der Waals surface area contributed by atoms with Crippen molar-refractivity contribution in [3.05, 3.63) is 30.1 Å². The number of nitrogens with one attached hydrogen (secondary N) is 2. The van der Waals surface area contributed by atoms with Gasteiger partial charge in [0.25, 0.3) is 0 Å². The van der Waals surface area contributed by atoms with Crippen molar-refractivity contribution in [2.45, 2.75) is 25.9 Å². The summed E-state index contributed by atoms with van der Waals surface area (Å²) in [5.74, 6) is -0.122. The summed E-state index contributed by atoms with van der Waals surface area (Å²) < 4.78 is 0. The highest BCUT2D eigenvalue weighted by Crippen LogP contribution is 2.12. The fourth-order valence-corrected chi connectivity index (χ4v) is 1.66. The fourth-order valence-electron chi connectivity index (χ4n) is 1.66. The van der Waals surface area contributed by atoms with E-state index in [2.05, 4.69) is 15.3 Å². The second kappa shape index (κ2) is 4.78. The number of amides is 1. The molecular weight excluding hydrogens is 230 g/mol. The van der Waals surface area contributed by atoms with Crippen molar-refractivity contribution >= 4 is 16.9 Å². The van der Waals surface area contributed by atoms with Crippen LogP contribution in [0.25, 0.3) is 11.0 Å². The van der Waals surface area contributed by atoms with E-state index in [-0.39, 0.29) is 18.9 Å². The van der Waals surface area contributed by atoms with Crippen LogP contribution < -0.4 is 5.32 Å². The standard InChI is InChI=1S/C13H17N3O2/c1-13(2,18)8-15-11(17)7-10-6-9-4-3-5-14-12(9)16-10/h3-6,18H,7-8H2,1-2H3,(H,14,16)(H,15,17). The number of aliphatic hydroxyl groups is 1. The molecule has 0 spiro atoms. The second-order valence-corrected chi connectivity index (χ2v) is 5.00. The smallest absolute Gasteiger partial charge is 0.226 e. The highest BCUT2D eigenvalue weighted by Gasteiger charge is 2.14. The van der Waals surface area contributed by atoms with Crippen molar-refractivity contribution in [1.82, 2.24) is 15.3 Å². The number of pyridine rings is 1. The quantitative estimate of drug-likeness (QED) is 0.754. The lowest BCUT2D eigenvalue weighted by molar-refractivity contribution is -0.121. The van der Waals surface area contributed by atoms with E-state index < -0.39 is 5.60 Å². The lowest BCUT2D eigenvalue weighted by Crippen LogP contribution is -2.38. The number of hydrogen-bond acceptors (Lipinski definition) is 3. The van der Waals surface area contributed by atoms with Gasteiger partial charge in [-0.05, 0) is 32.0 Å². The highest BCUT2D eigenvalue weighted by atomic mass is 16.3. The van der Waals surface area contributed by atoms with Crippen molar-refractivity contribution in [3.63, 3.8) is 0 Å². The van der Waals surface area contributed by atoms with Crippen LogP contribution in [-0.2, 0) is 11.2 Å². The first-order chi connectivity index (χ1) is 8.44. The number of H-pyrrole nitrogens is 1. The van der Waals surface area contributed by atoms with Crippen molar-refractivity contribution in [2.24, 2.45) is 0 Å². The highest BCUT2D eigenvalue weighted by molar-refractivity contribution is 5.82. The van der Waals surface area contributed by atoms with Gasteiger partial charge in [-0.2, -0.15) is 0 Å². The van der Waals surface area contributed by atoms with E-state index in [0.29, 0.717) is 0 Å². The largest absolute Gasteiger partial charge is 0.389 e. The van der Waals surface area contributed by atoms with Crippen LogP contribution in [0.4, 0.5) is 0 Å². The van der Waals surface area contributed by atoms with Gasteiger partial charge in [-0.3, -0.25) is 4.79 Å². The molecule has 0 aliphatic rings. The van der Waals surface area contributed by atoms with Gasteiger partial charge in [0, 0.05) is 23.8 Å². The monoisotopic (exact) mass is 247 g/mol. The molecule has 0 bridgehead atoms. The van der Waals surface area contributed by atoms with Crippen LogP contribution in [0.15, 0.2) is 24.4 Å². The van der Waals surface area contributed by atoms with Gasteiger partial charge >= 0.3 is 0 Å². The van der Waals surface area contributed by atoms with Crippen LogP contribution in [0.2, 0.25) is 0 Å². The van der Waals surface area contributed by atoms with Gasteiger partial charge in [0.15, 0.2) is 0 Å². The first-order valence-electron chi connectivity index (χ1n) is 5.86. The van der Waals surface area contributed by atoms with Crippen LogP contribution >= 0.6 is 0 Å². The maximum absolute atomic E-state index is 11.7. The van der Waals surface area contributed by atoms with E-state index in [1.165, 1.54) is 0 Å². The molecular formula is C13H17N3O2. The molecule has 3 N–H and O–H groups in total. The van der Waals surface area contributed by atoms with Crippen molar-refractivity contribution < 1.29 is 9.90 Å². The number of fused-ring (bicyclic) bond motifs is 1. The molecule has 0 saturated carbocycles. The Morgan fingerprint density at radius 1 is 1.56 bits per heavy atom. The van der Waals surface area contributed by atoms with E-state index in [4.69, 9.17) is 0 Å². The van der Waals surface area contributed by atoms with Gasteiger partial charge in [-0.1, -0.05) is 0 Å². The molecule has 18 heavy (non-hydrogen) atoms. The Morgan fingerprint density at radius 3 is 3.00 bits per heavy atom. The molecule has 5 nitrogen and oxygen atoms in total. The maximum Gasteiger partial charge on any atom is 0.226 e. The zero-order valence-corrected chi connectivity index (χ0v) is 10.5. The number of hydrogen-bond donors (Lipinski definition) is 3. The predicted molar refractivity (Wildman–Crippen MR) is 69.1 cm³/mol. The third-order valence-corrected chi connectivity index (χ3v) is 2.52. The van der Waals surface area contributed by atoms with Gasteiger partial charge in [0.05, 0.1) is 12.0 Å². The first kappa shape index (κ1) is 12.6. The van der Waals surface area contributed by atoms with Gasteiger partial charge in [-0.15, -0.1) is 0 Å². The third kappa shape index (κ3) is 3.30. The number of carbonyl (C=O) groups is 1. The van der Waals surface area contributed by atoms with E-state index in [1.54, 1.807) is 20.0 Å². The van der Waals surface area contributed by atoms with Crippen LogP contribution in [0, 0.1) is 0 Å². The Balaban J connectivity index is 1.99. The Labute approximate surface area is 105 Å². The molecule has 0 unspecified atom stereocenters. The number of rotatable bonds is 4. The molecule has 0 aliphatic carbocycles. The lowest BCUT2D eigenvalue weighted by atomic mass is 10.1. The Bertz CT molecular complexity index is 522. The van der Waals surface area contributed by atoms with Crippen molar-refractivity contribution in [1.29, 1.82) is 0 Å². The molecule has 0 aliphatic heterocycles. The van der Waals surface area contributed by atoms with Gasteiger partial charge in [0.2, 0.25) is 5.91 Å². The van der Waals surface area contributed by atoms with E-state index >= 15 is 0 Å². The Hall–Kier alpha value is -1.88. The molecule has 2 aromatic heterocycles. The van der Waals surface area contributed by atoms with Gasteiger partial charge in [-0.25, -0.2) is 4.98 Å². The average molecular weight is 247 g/mol. The van der Waals surface area contributed by atoms with Crippen LogP contribution in [0.3, 0.4) is 0 Å². The second-order valence-electron chi connectivity index (χ2n) is 5.00. The topological polar surface area (TPSA) is 78.0 Å². The summed E-state index contributed by atoms with van der Waals surface area (Å²) in [6, 6.07) is 5.71. The van der Waals surface area contributed by atoms with Crippen molar-refractivity contribution in [3.8, 4) is 0 Å². The van der Waals surface area contributed by atoms with Crippen LogP contribution in [0.1, 0.15) is 19.5 Å². The van der Waals surface area contributed by atoms with Crippen LogP contribution in [-0.4, -0.2) is 33.1 Å². The summed E-state index contributed by atoms with van der Waals surface area (Å²) in [4.78, 5) is 18.9. The summed E-state index contributed by atoms with van der Waals surface area (Å²) in [6.07, 6.45) is 1.96. The predicted octanol–water partition coefficient (Wildman–Crippen LogP) is 0.992. The van der Waals surface area contributed by atoms with Crippen LogP contribution in [0.5, 0.6) is 0 Å². The van der Waals surface area contributed by atoms with E-state index in [1.807, 2.05) is 18.2 Å². The summed E-state index contributed by atoms with van der Waals surface area (Å²) in [5.41, 5.74) is 0.706. The molecule has 1 amide bonds. The molecule has 0 atom stereocenters. The third-order valence-electron chi connectivity index (χ3n) is 2.52. The molecule has 0 aromatic carbocycles. The number of aromatic nitrogens is 2. The van der Waals surface area contributed by atoms with Gasteiger partial charge < -0.3 is 15.4 Å². The molecule has 2 rings (SSSR count). The zero-order valence-electron chi connectivity index (χ0n) is 10.5. The van der Waals surface area contributed by atoms with Gasteiger partial charge in [0.1, 0.15) is 5.65 Å². The normalized spacial score (nSPS) is 11.7. The zero-order chi connectivity index (χ0) is 13.2. The summed E-state index contributed by atoms with van der Waals surface area (Å²) >= 11 is 0. The van der Waals surface area contributed by atoms with Crippen molar-refractivity contribution in [2.75, 3.05) is 6.54 Å². The Kier molecular flexibility index (Phi) is 3.34. The average Bonchev–Trinajstić information content (AvgIpc) is 2.67. The summed E-state index contributed by atoms with van der Waals surface area (Å²) in [5, 5.41) is 13.2. The molecule has 2 aromatic rings.